The number of carbonyl (C=O) groups is 1. The van der Waals surface area contributed by atoms with E-state index in [1.54, 1.807) is 18.2 Å². The van der Waals surface area contributed by atoms with E-state index in [4.69, 9.17) is 18.9 Å². The van der Waals surface area contributed by atoms with Crippen LogP contribution in [0, 0.1) is 0 Å². The van der Waals surface area contributed by atoms with Crippen molar-refractivity contribution in [2.24, 2.45) is 0 Å². The summed E-state index contributed by atoms with van der Waals surface area (Å²) in [5.74, 6) is 2.64. The van der Waals surface area contributed by atoms with Gasteiger partial charge in [-0.1, -0.05) is 11.3 Å². The maximum atomic E-state index is 12.2. The van der Waals surface area contributed by atoms with Crippen molar-refractivity contribution in [2.45, 2.75) is 0 Å². The molecule has 3 aromatic rings. The molecule has 3 heterocycles. The van der Waals surface area contributed by atoms with Crippen LogP contribution in [0.3, 0.4) is 0 Å². The lowest BCUT2D eigenvalue weighted by Gasteiger charge is -2.17. The number of anilines is 2. The summed E-state index contributed by atoms with van der Waals surface area (Å²) in [6.45, 7) is 1.24. The van der Waals surface area contributed by atoms with Gasteiger partial charge < -0.3 is 24.3 Å². The smallest absolute Gasteiger partial charge is 0.325 e. The number of hydrogen-bond donors (Lipinski definition) is 2. The maximum Gasteiger partial charge on any atom is 0.325 e. The molecule has 0 radical (unpaired) electrons. The van der Waals surface area contributed by atoms with Crippen LogP contribution in [0.15, 0.2) is 30.3 Å². The normalized spacial score (nSPS) is 14.3. The molecule has 8 nitrogen and oxygen atoms in total. The van der Waals surface area contributed by atoms with E-state index in [1.807, 2.05) is 12.1 Å². The molecule has 2 aliphatic heterocycles. The predicted octanol–water partition coefficient (Wildman–Crippen LogP) is 3.44. The van der Waals surface area contributed by atoms with Crippen molar-refractivity contribution in [3.8, 4) is 23.0 Å². The van der Waals surface area contributed by atoms with Gasteiger partial charge in [-0.15, -0.1) is 0 Å². The Morgan fingerprint density at radius 2 is 1.69 bits per heavy atom. The summed E-state index contributed by atoms with van der Waals surface area (Å²) in [6, 6.07) is 8.52. The molecular weight excluding hydrogens is 358 g/mol. The zero-order valence-corrected chi connectivity index (χ0v) is 14.2. The van der Waals surface area contributed by atoms with E-state index >= 15 is 0 Å². The number of aromatic nitrogens is 1. The van der Waals surface area contributed by atoms with Crippen molar-refractivity contribution >= 4 is 38.4 Å². The molecule has 2 N–H and O–H groups in total. The van der Waals surface area contributed by atoms with Crippen LogP contribution in [0.4, 0.5) is 15.6 Å². The molecule has 132 valence electrons. The molecule has 0 saturated heterocycles. The van der Waals surface area contributed by atoms with Crippen molar-refractivity contribution in [1.29, 1.82) is 0 Å². The lowest BCUT2D eigenvalue weighted by molar-refractivity contribution is 0.172. The molecule has 0 bridgehead atoms. The van der Waals surface area contributed by atoms with Gasteiger partial charge in [0.25, 0.3) is 0 Å². The Morgan fingerprint density at radius 3 is 2.58 bits per heavy atom. The molecule has 0 aliphatic carbocycles. The largest absolute Gasteiger partial charge is 0.486 e. The van der Waals surface area contributed by atoms with Gasteiger partial charge in [-0.25, -0.2) is 9.78 Å². The van der Waals surface area contributed by atoms with Gasteiger partial charge in [-0.3, -0.25) is 5.32 Å². The molecule has 9 heteroatoms. The maximum absolute atomic E-state index is 12.2. The van der Waals surface area contributed by atoms with Crippen LogP contribution < -0.4 is 29.6 Å². The predicted molar refractivity (Wildman–Crippen MR) is 95.8 cm³/mol. The van der Waals surface area contributed by atoms with Crippen molar-refractivity contribution in [3.63, 3.8) is 0 Å². The number of nitrogens with one attached hydrogen (secondary N) is 2. The molecule has 1 aromatic heterocycles. The van der Waals surface area contributed by atoms with Crippen LogP contribution in [-0.2, 0) is 0 Å². The zero-order valence-electron chi connectivity index (χ0n) is 13.4. The second-order valence-electron chi connectivity index (χ2n) is 5.63. The van der Waals surface area contributed by atoms with Gasteiger partial charge >= 0.3 is 6.03 Å². The number of fused-ring (bicyclic) bond motifs is 3. The second kappa shape index (κ2) is 5.95. The van der Waals surface area contributed by atoms with Crippen molar-refractivity contribution < 1.29 is 23.7 Å². The Bertz CT molecular complexity index is 976. The average Bonchev–Trinajstić information content (AvgIpc) is 3.24. The summed E-state index contributed by atoms with van der Waals surface area (Å²) in [5, 5.41) is 5.98. The first-order valence-corrected chi connectivity index (χ1v) is 8.74. The van der Waals surface area contributed by atoms with Gasteiger partial charge in [0.1, 0.15) is 13.2 Å². The molecule has 26 heavy (non-hydrogen) atoms. The number of carbonyl (C=O) groups excluding carboxylic acids is 1. The van der Waals surface area contributed by atoms with Crippen LogP contribution in [0.25, 0.3) is 10.2 Å². The summed E-state index contributed by atoms with van der Waals surface area (Å²) in [5.41, 5.74) is 1.35. The fourth-order valence-corrected chi connectivity index (χ4v) is 3.62. The number of hydrogen-bond acceptors (Lipinski definition) is 7. The lowest BCUT2D eigenvalue weighted by Crippen LogP contribution is -2.19. The average molecular weight is 371 g/mol. The molecule has 0 unspecified atom stereocenters. The number of benzene rings is 2. The Balaban J connectivity index is 1.33. The monoisotopic (exact) mass is 371 g/mol. The fourth-order valence-electron chi connectivity index (χ4n) is 2.75. The SMILES string of the molecule is O=C(Nc1ccc2c(c1)OCO2)Nc1nc2cc3c(cc2s1)OCCO3. The minimum Gasteiger partial charge on any atom is -0.486 e. The number of thiazole rings is 1. The van der Waals surface area contributed by atoms with Crippen molar-refractivity contribution in [3.05, 3.63) is 30.3 Å². The van der Waals surface area contributed by atoms with Crippen LogP contribution in [-0.4, -0.2) is 31.0 Å². The third kappa shape index (κ3) is 2.72. The minimum absolute atomic E-state index is 0.189. The van der Waals surface area contributed by atoms with E-state index in [0.717, 1.165) is 10.2 Å². The highest BCUT2D eigenvalue weighted by atomic mass is 32.1. The van der Waals surface area contributed by atoms with E-state index in [9.17, 15) is 4.79 Å². The fraction of sp³-hybridized carbons (Fsp3) is 0.176. The standard InChI is InChI=1S/C17H13N3O5S/c21-16(18-9-1-2-11-12(5-9)25-8-24-11)20-17-19-10-6-13-14(7-15(10)26-17)23-4-3-22-13/h1-2,5-7H,3-4,8H2,(H2,18,19,20,21). The highest BCUT2D eigenvalue weighted by molar-refractivity contribution is 7.22. The number of rotatable bonds is 2. The van der Waals surface area contributed by atoms with E-state index < -0.39 is 0 Å². The topological polar surface area (TPSA) is 90.9 Å². The molecule has 2 aromatic carbocycles. The Morgan fingerprint density at radius 1 is 0.923 bits per heavy atom. The molecule has 0 atom stereocenters. The zero-order chi connectivity index (χ0) is 17.5. The van der Waals surface area contributed by atoms with Gasteiger partial charge in [-0.05, 0) is 12.1 Å². The van der Waals surface area contributed by atoms with E-state index in [0.29, 0.717) is 47.0 Å². The lowest BCUT2D eigenvalue weighted by atomic mass is 10.3. The Labute approximate surface area is 151 Å². The molecular formula is C17H13N3O5S. The molecule has 0 saturated carbocycles. The minimum atomic E-state index is -0.389. The highest BCUT2D eigenvalue weighted by Gasteiger charge is 2.17. The first-order chi connectivity index (χ1) is 12.7. The van der Waals surface area contributed by atoms with Crippen LogP contribution in [0.1, 0.15) is 0 Å². The Hall–Kier alpha value is -3.20. The van der Waals surface area contributed by atoms with Crippen molar-refractivity contribution in [2.75, 3.05) is 30.6 Å². The number of urea groups is 1. The third-order valence-electron chi connectivity index (χ3n) is 3.90. The summed E-state index contributed by atoms with van der Waals surface area (Å²) >= 11 is 1.37. The van der Waals surface area contributed by atoms with Crippen LogP contribution in [0.5, 0.6) is 23.0 Å². The number of amides is 2. The molecule has 2 aliphatic rings. The second-order valence-corrected chi connectivity index (χ2v) is 6.66. The van der Waals surface area contributed by atoms with Gasteiger partial charge in [0.15, 0.2) is 28.1 Å². The number of ether oxygens (including phenoxy) is 4. The summed E-state index contributed by atoms with van der Waals surface area (Å²) < 4.78 is 22.6. The highest BCUT2D eigenvalue weighted by Crippen LogP contribution is 2.38. The van der Waals surface area contributed by atoms with Gasteiger partial charge in [0.2, 0.25) is 6.79 Å². The first-order valence-electron chi connectivity index (χ1n) is 7.92. The van der Waals surface area contributed by atoms with E-state index in [1.165, 1.54) is 11.3 Å². The van der Waals surface area contributed by atoms with E-state index in [2.05, 4.69) is 15.6 Å². The Kier molecular flexibility index (Phi) is 3.45. The first kappa shape index (κ1) is 15.1. The van der Waals surface area contributed by atoms with Gasteiger partial charge in [-0.2, -0.15) is 0 Å². The quantitative estimate of drug-likeness (QED) is 0.717. The summed E-state index contributed by atoms with van der Waals surface area (Å²) in [6.07, 6.45) is 0. The molecule has 0 fully saturated rings. The van der Waals surface area contributed by atoms with Crippen LogP contribution in [0.2, 0.25) is 0 Å². The van der Waals surface area contributed by atoms with E-state index in [-0.39, 0.29) is 12.8 Å². The number of nitrogens with zero attached hydrogens (tertiary/aromatic N) is 1. The summed E-state index contributed by atoms with van der Waals surface area (Å²) in [4.78, 5) is 16.7. The van der Waals surface area contributed by atoms with Crippen molar-refractivity contribution in [1.82, 2.24) is 4.98 Å². The van der Waals surface area contributed by atoms with Crippen LogP contribution >= 0.6 is 11.3 Å². The molecule has 0 spiro atoms. The molecule has 2 amide bonds. The third-order valence-corrected chi connectivity index (χ3v) is 4.84. The van der Waals surface area contributed by atoms with Gasteiger partial charge in [0, 0.05) is 23.9 Å². The summed E-state index contributed by atoms with van der Waals surface area (Å²) in [7, 11) is 0. The molecule has 5 rings (SSSR count). The van der Waals surface area contributed by atoms with Gasteiger partial charge in [0.05, 0.1) is 10.2 Å².